The van der Waals surface area contributed by atoms with Gasteiger partial charge in [-0.05, 0) is 74.4 Å². The Balaban J connectivity index is 1.27. The van der Waals surface area contributed by atoms with Crippen LogP contribution in [0.1, 0.15) is 67.3 Å². The molecule has 1 aromatic heterocycles. The van der Waals surface area contributed by atoms with Crippen LogP contribution in [0.4, 0.5) is 10.3 Å². The SMILES string of the molecule is CC1=C(C(=O)OC2CCCCC2)C(c2ccc(OCc3ccc(C)cc3)cc2)n2nc(SCc3ccccc3F)nc2N1. The van der Waals surface area contributed by atoms with Crippen LogP contribution in [-0.4, -0.2) is 26.8 Å². The van der Waals surface area contributed by atoms with Gasteiger partial charge in [-0.2, -0.15) is 4.98 Å². The van der Waals surface area contributed by atoms with E-state index in [4.69, 9.17) is 14.6 Å². The molecule has 0 amide bonds. The molecule has 1 aliphatic carbocycles. The number of aromatic nitrogens is 3. The predicted molar refractivity (Wildman–Crippen MR) is 165 cm³/mol. The van der Waals surface area contributed by atoms with Gasteiger partial charge in [0.1, 0.15) is 30.3 Å². The fraction of sp³-hybridized carbons (Fsp3) is 0.324. The molecule has 2 heterocycles. The van der Waals surface area contributed by atoms with E-state index in [1.54, 1.807) is 16.8 Å². The molecule has 7 nitrogen and oxygen atoms in total. The number of halogens is 1. The summed E-state index contributed by atoms with van der Waals surface area (Å²) in [6.07, 6.45) is 5.00. The molecule has 1 atom stereocenters. The lowest BCUT2D eigenvalue weighted by molar-refractivity contribution is -0.146. The highest BCUT2D eigenvalue weighted by Gasteiger charge is 2.36. The highest BCUT2D eigenvalue weighted by atomic mass is 32.2. The van der Waals surface area contributed by atoms with Crippen molar-refractivity contribution in [1.82, 2.24) is 14.8 Å². The van der Waals surface area contributed by atoms with Crippen molar-refractivity contribution < 1.29 is 18.7 Å². The highest BCUT2D eigenvalue weighted by Crippen LogP contribution is 2.38. The molecule has 0 radical (unpaired) electrons. The van der Waals surface area contributed by atoms with Crippen LogP contribution in [0.2, 0.25) is 0 Å². The Morgan fingerprint density at radius 3 is 2.49 bits per heavy atom. The number of carbonyl (C=O) groups excluding carboxylic acids is 1. The maximum atomic E-state index is 14.2. The summed E-state index contributed by atoms with van der Waals surface area (Å²) < 4.78 is 28.1. The third kappa shape index (κ3) is 6.77. The molecule has 0 bridgehead atoms. The van der Waals surface area contributed by atoms with Gasteiger partial charge in [0, 0.05) is 11.4 Å². The summed E-state index contributed by atoms with van der Waals surface area (Å²) in [5.74, 6) is 1.03. The first kappa shape index (κ1) is 29.0. The Labute approximate surface area is 255 Å². The van der Waals surface area contributed by atoms with Gasteiger partial charge < -0.3 is 14.8 Å². The third-order valence-corrected chi connectivity index (χ3v) is 8.80. The van der Waals surface area contributed by atoms with Crippen LogP contribution in [-0.2, 0) is 21.9 Å². The number of aryl methyl sites for hydroxylation is 1. The summed E-state index contributed by atoms with van der Waals surface area (Å²) in [5, 5.41) is 8.54. The maximum Gasteiger partial charge on any atom is 0.338 e. The monoisotopic (exact) mass is 598 g/mol. The molecule has 1 unspecified atom stereocenters. The summed E-state index contributed by atoms with van der Waals surface area (Å²) in [4.78, 5) is 18.4. The van der Waals surface area contributed by atoms with Crippen LogP contribution in [0.5, 0.6) is 5.75 Å². The van der Waals surface area contributed by atoms with Gasteiger partial charge in [0.2, 0.25) is 11.1 Å². The van der Waals surface area contributed by atoms with Gasteiger partial charge in [-0.1, -0.05) is 78.3 Å². The fourth-order valence-corrected chi connectivity index (χ4v) is 6.33. The van der Waals surface area contributed by atoms with Crippen molar-refractivity contribution in [3.8, 4) is 5.75 Å². The molecule has 9 heteroatoms. The number of esters is 1. The Bertz CT molecular complexity index is 1610. The number of anilines is 1. The van der Waals surface area contributed by atoms with Gasteiger partial charge in [0.25, 0.3) is 0 Å². The van der Waals surface area contributed by atoms with E-state index < -0.39 is 6.04 Å². The van der Waals surface area contributed by atoms with E-state index in [2.05, 4.69) is 41.5 Å². The van der Waals surface area contributed by atoms with Crippen LogP contribution >= 0.6 is 11.8 Å². The second-order valence-corrected chi connectivity index (χ2v) is 12.1. The number of nitrogens with zero attached hydrogens (tertiary/aromatic N) is 3. The second-order valence-electron chi connectivity index (χ2n) is 11.1. The Morgan fingerprint density at radius 1 is 1.00 bits per heavy atom. The van der Waals surface area contributed by atoms with E-state index in [0.717, 1.165) is 42.6 Å². The average Bonchev–Trinajstić information content (AvgIpc) is 3.43. The molecular formula is C34H35FN4O3S. The van der Waals surface area contributed by atoms with Gasteiger partial charge in [0.15, 0.2) is 0 Å². The van der Waals surface area contributed by atoms with Gasteiger partial charge in [-0.15, -0.1) is 5.10 Å². The van der Waals surface area contributed by atoms with Gasteiger partial charge in [-0.3, -0.25) is 0 Å². The van der Waals surface area contributed by atoms with Crippen LogP contribution in [0.25, 0.3) is 0 Å². The second kappa shape index (κ2) is 13.0. The van der Waals surface area contributed by atoms with Gasteiger partial charge in [-0.25, -0.2) is 13.9 Å². The molecule has 3 aromatic carbocycles. The van der Waals surface area contributed by atoms with Crippen LogP contribution in [0, 0.1) is 12.7 Å². The molecule has 1 N–H and O–H groups in total. The normalized spacial score (nSPS) is 16.9. The lowest BCUT2D eigenvalue weighted by Crippen LogP contribution is -2.32. The number of hydrogen-bond donors (Lipinski definition) is 1. The summed E-state index contributed by atoms with van der Waals surface area (Å²) in [5.41, 5.74) is 4.91. The van der Waals surface area contributed by atoms with Crippen molar-refractivity contribution in [3.05, 3.63) is 112 Å². The van der Waals surface area contributed by atoms with Gasteiger partial charge in [0.05, 0.1) is 5.57 Å². The van der Waals surface area contributed by atoms with Crippen LogP contribution in [0.15, 0.2) is 89.2 Å². The lowest BCUT2D eigenvalue weighted by Gasteiger charge is -2.30. The quantitative estimate of drug-likeness (QED) is 0.156. The summed E-state index contributed by atoms with van der Waals surface area (Å²) >= 11 is 1.35. The van der Waals surface area contributed by atoms with Gasteiger partial charge >= 0.3 is 5.97 Å². The van der Waals surface area contributed by atoms with Crippen molar-refractivity contribution >= 4 is 23.7 Å². The zero-order chi connectivity index (χ0) is 29.8. The molecule has 1 fully saturated rings. The minimum atomic E-state index is -0.547. The smallest absolute Gasteiger partial charge is 0.338 e. The molecule has 222 valence electrons. The molecule has 0 spiro atoms. The number of ether oxygens (including phenoxy) is 2. The number of fused-ring (bicyclic) bond motifs is 1. The average molecular weight is 599 g/mol. The topological polar surface area (TPSA) is 78.3 Å². The number of allylic oxidation sites excluding steroid dienone is 1. The van der Waals surface area contributed by atoms with E-state index in [1.165, 1.54) is 29.8 Å². The highest BCUT2D eigenvalue weighted by molar-refractivity contribution is 7.98. The van der Waals surface area contributed by atoms with E-state index in [1.807, 2.05) is 37.3 Å². The molecule has 6 rings (SSSR count). The first-order valence-electron chi connectivity index (χ1n) is 14.7. The van der Waals surface area contributed by atoms with Crippen molar-refractivity contribution in [3.63, 3.8) is 0 Å². The van der Waals surface area contributed by atoms with Crippen LogP contribution in [0.3, 0.4) is 0 Å². The maximum absolute atomic E-state index is 14.2. The van der Waals surface area contributed by atoms with E-state index >= 15 is 0 Å². The first-order chi connectivity index (χ1) is 20.9. The third-order valence-electron chi connectivity index (χ3n) is 7.92. The largest absolute Gasteiger partial charge is 0.489 e. The molecule has 1 aliphatic heterocycles. The van der Waals surface area contributed by atoms with Crippen LogP contribution < -0.4 is 10.1 Å². The Hall–Kier alpha value is -4.11. The summed E-state index contributed by atoms with van der Waals surface area (Å²) in [6.45, 7) is 4.39. The number of rotatable bonds is 9. The molecule has 1 saturated carbocycles. The molecule has 0 saturated heterocycles. The Morgan fingerprint density at radius 2 is 1.74 bits per heavy atom. The summed E-state index contributed by atoms with van der Waals surface area (Å²) in [7, 11) is 0. The van der Waals surface area contributed by atoms with Crippen molar-refractivity contribution in [2.75, 3.05) is 5.32 Å². The number of nitrogens with one attached hydrogen (secondary N) is 1. The van der Waals surface area contributed by atoms with E-state index in [-0.39, 0.29) is 17.9 Å². The predicted octanol–water partition coefficient (Wildman–Crippen LogP) is 7.76. The molecular weight excluding hydrogens is 563 g/mol. The standard InChI is InChI=1S/C34H35FN4O3S/c1-22-12-14-24(15-13-22)20-41-27-18-16-25(17-19-27)31-30(32(40)42-28-9-4-3-5-10-28)23(2)36-33-37-34(38-39(31)33)43-21-26-8-6-7-11-29(26)35/h6-8,11-19,28,31H,3-5,9-10,20-21H2,1-2H3,(H,36,37,38). The van der Waals surface area contributed by atoms with Crippen molar-refractivity contribution in [1.29, 1.82) is 0 Å². The van der Waals surface area contributed by atoms with Crippen molar-refractivity contribution in [2.24, 2.45) is 0 Å². The van der Waals surface area contributed by atoms with Crippen molar-refractivity contribution in [2.45, 2.75) is 75.6 Å². The number of hydrogen-bond acceptors (Lipinski definition) is 7. The fourth-order valence-electron chi connectivity index (χ4n) is 5.52. The molecule has 2 aliphatic rings. The zero-order valence-corrected chi connectivity index (χ0v) is 25.2. The Kier molecular flexibility index (Phi) is 8.79. The molecule has 43 heavy (non-hydrogen) atoms. The first-order valence-corrected chi connectivity index (χ1v) is 15.7. The minimum Gasteiger partial charge on any atom is -0.489 e. The van der Waals surface area contributed by atoms with E-state index in [9.17, 15) is 9.18 Å². The number of carbonyl (C=O) groups is 1. The number of benzene rings is 3. The summed E-state index contributed by atoms with van der Waals surface area (Å²) in [6, 6.07) is 22.1. The van der Waals surface area contributed by atoms with E-state index in [0.29, 0.717) is 40.3 Å². The molecule has 4 aromatic rings. The minimum absolute atomic E-state index is 0.0798. The zero-order valence-electron chi connectivity index (χ0n) is 24.4. The lowest BCUT2D eigenvalue weighted by atomic mass is 9.95. The number of thioether (sulfide) groups is 1.